The van der Waals surface area contributed by atoms with E-state index in [1.807, 2.05) is 24.0 Å². The summed E-state index contributed by atoms with van der Waals surface area (Å²) in [5.74, 6) is 0.975. The molecule has 1 aliphatic rings. The first kappa shape index (κ1) is 23.0. The minimum atomic E-state index is -0.210. The maximum Gasteiger partial charge on any atom is 0.269 e. The summed E-state index contributed by atoms with van der Waals surface area (Å²) in [7, 11) is 0. The lowest BCUT2D eigenvalue weighted by atomic mass is 10.2. The fraction of sp³-hybridized carbons (Fsp3) is 0.524. The molecule has 0 spiro atoms. The summed E-state index contributed by atoms with van der Waals surface area (Å²) in [5, 5.41) is 10.1. The summed E-state index contributed by atoms with van der Waals surface area (Å²) in [4.78, 5) is 32.5. The number of ether oxygens (including phenoxy) is 1. The van der Waals surface area contributed by atoms with Crippen LogP contribution in [0.25, 0.3) is 0 Å². The lowest BCUT2D eigenvalue weighted by molar-refractivity contribution is -0.132. The number of hydrogen-bond acceptors (Lipinski definition) is 7. The second kappa shape index (κ2) is 11.1. The van der Waals surface area contributed by atoms with Crippen LogP contribution in [0, 0.1) is 6.92 Å². The van der Waals surface area contributed by atoms with Gasteiger partial charge >= 0.3 is 0 Å². The van der Waals surface area contributed by atoms with E-state index in [2.05, 4.69) is 25.4 Å². The lowest BCUT2D eigenvalue weighted by Gasteiger charge is -2.35. The van der Waals surface area contributed by atoms with E-state index in [-0.39, 0.29) is 17.5 Å². The Bertz CT molecular complexity index is 912. The van der Waals surface area contributed by atoms with Crippen molar-refractivity contribution in [2.75, 3.05) is 49.6 Å². The Labute approximate surface area is 186 Å². The third-order valence-corrected chi connectivity index (χ3v) is 5.63. The third kappa shape index (κ3) is 6.41. The molecule has 1 fully saturated rings. The second-order valence-electron chi connectivity index (χ2n) is 7.51. The number of aromatic nitrogens is 3. The third-order valence-electron chi connectivity index (χ3n) is 5.40. The Kier molecular flexibility index (Phi) is 8.25. The molecule has 0 radical (unpaired) electrons. The molecule has 2 N–H and O–H groups in total. The molecule has 3 rings (SSSR count). The number of halogens is 1. The minimum Gasteiger partial charge on any atom is -0.379 e. The van der Waals surface area contributed by atoms with Crippen LogP contribution >= 0.6 is 11.6 Å². The average Bonchev–Trinajstić information content (AvgIpc) is 2.79. The first-order valence-electron chi connectivity index (χ1n) is 10.5. The zero-order valence-electron chi connectivity index (χ0n) is 17.9. The van der Waals surface area contributed by atoms with Gasteiger partial charge in [-0.25, -0.2) is 10.1 Å². The molecular weight excluding hydrogens is 420 g/mol. The van der Waals surface area contributed by atoms with Crippen LogP contribution in [0.2, 0.25) is 5.02 Å². The van der Waals surface area contributed by atoms with Gasteiger partial charge in [-0.3, -0.25) is 9.59 Å². The van der Waals surface area contributed by atoms with Gasteiger partial charge in [0.15, 0.2) is 0 Å². The quantitative estimate of drug-likeness (QED) is 0.566. The van der Waals surface area contributed by atoms with Crippen LogP contribution in [-0.2, 0) is 9.53 Å². The highest BCUT2D eigenvalue weighted by molar-refractivity contribution is 6.30. The van der Waals surface area contributed by atoms with E-state index in [0.29, 0.717) is 49.0 Å². The maximum absolute atomic E-state index is 12.5. The van der Waals surface area contributed by atoms with E-state index in [0.717, 1.165) is 25.3 Å². The van der Waals surface area contributed by atoms with E-state index in [4.69, 9.17) is 16.3 Å². The summed E-state index contributed by atoms with van der Waals surface area (Å²) in [6.07, 6.45) is 4.40. The fourth-order valence-corrected chi connectivity index (χ4v) is 3.48. The summed E-state index contributed by atoms with van der Waals surface area (Å²) >= 11 is 5.89. The molecule has 2 aromatic heterocycles. The summed E-state index contributed by atoms with van der Waals surface area (Å²) in [5.41, 5.74) is 1.08. The first-order valence-corrected chi connectivity index (χ1v) is 10.9. The van der Waals surface area contributed by atoms with Crippen molar-refractivity contribution in [3.8, 4) is 0 Å². The van der Waals surface area contributed by atoms with Gasteiger partial charge in [0.2, 0.25) is 5.91 Å². The lowest BCUT2D eigenvalue weighted by Crippen LogP contribution is -2.49. The van der Waals surface area contributed by atoms with Gasteiger partial charge in [0.05, 0.1) is 36.5 Å². The molecule has 1 amide bonds. The molecule has 1 aliphatic heterocycles. The first-order chi connectivity index (χ1) is 15.0. The molecule has 0 aromatic carbocycles. The Morgan fingerprint density at radius 2 is 2.06 bits per heavy atom. The average molecular weight is 449 g/mol. The molecule has 0 bridgehead atoms. The van der Waals surface area contributed by atoms with Gasteiger partial charge in [0.1, 0.15) is 5.82 Å². The Balaban J connectivity index is 1.37. The van der Waals surface area contributed by atoms with Crippen LogP contribution < -0.4 is 15.8 Å². The molecule has 3 heterocycles. The van der Waals surface area contributed by atoms with Crippen molar-refractivity contribution in [1.29, 1.82) is 0 Å². The zero-order chi connectivity index (χ0) is 22.2. The van der Waals surface area contributed by atoms with Crippen molar-refractivity contribution >= 4 is 29.0 Å². The number of anilines is 2. The Morgan fingerprint density at radius 1 is 1.29 bits per heavy atom. The van der Waals surface area contributed by atoms with Gasteiger partial charge in [-0.05, 0) is 25.5 Å². The van der Waals surface area contributed by atoms with E-state index < -0.39 is 0 Å². The topological polar surface area (TPSA) is 103 Å². The number of piperazine rings is 1. The van der Waals surface area contributed by atoms with Crippen molar-refractivity contribution < 1.29 is 9.53 Å². The number of rotatable bonds is 9. The molecular formula is C21H29ClN6O3. The number of hydrogen-bond donors (Lipinski definition) is 2. The van der Waals surface area contributed by atoms with Crippen molar-refractivity contribution in [1.82, 2.24) is 20.1 Å². The monoisotopic (exact) mass is 448 g/mol. The van der Waals surface area contributed by atoms with Gasteiger partial charge in [0.25, 0.3) is 5.56 Å². The molecule has 168 valence electrons. The van der Waals surface area contributed by atoms with Crippen LogP contribution in [0.1, 0.15) is 25.3 Å². The van der Waals surface area contributed by atoms with Crippen molar-refractivity contribution in [2.45, 2.75) is 32.7 Å². The second-order valence-corrected chi connectivity index (χ2v) is 7.95. The maximum atomic E-state index is 12.5. The SMILES string of the molecule is CC[C@@H](COCCC(=O)N1CCN(c2ccc(Cl)cn2)CC1)Nc1cn[nH]c(=O)c1C. The largest absolute Gasteiger partial charge is 0.379 e. The summed E-state index contributed by atoms with van der Waals surface area (Å²) in [6.45, 7) is 7.41. The number of amides is 1. The van der Waals surface area contributed by atoms with Crippen molar-refractivity contribution in [2.24, 2.45) is 0 Å². The molecule has 0 unspecified atom stereocenters. The Morgan fingerprint density at radius 3 is 2.74 bits per heavy atom. The van der Waals surface area contributed by atoms with E-state index in [9.17, 15) is 9.59 Å². The molecule has 1 atom stereocenters. The van der Waals surface area contributed by atoms with Crippen molar-refractivity contribution in [3.63, 3.8) is 0 Å². The number of nitrogens with one attached hydrogen (secondary N) is 2. The fourth-order valence-electron chi connectivity index (χ4n) is 3.37. The van der Waals surface area contributed by atoms with Crippen LogP contribution in [0.5, 0.6) is 0 Å². The molecule has 1 saturated heterocycles. The number of carbonyl (C=O) groups excluding carboxylic acids is 1. The van der Waals surface area contributed by atoms with Crippen LogP contribution in [0.4, 0.5) is 11.5 Å². The van der Waals surface area contributed by atoms with Gasteiger partial charge in [-0.2, -0.15) is 5.10 Å². The summed E-state index contributed by atoms with van der Waals surface area (Å²) < 4.78 is 5.74. The highest BCUT2D eigenvalue weighted by Crippen LogP contribution is 2.16. The molecule has 0 aliphatic carbocycles. The standard InChI is InChI=1S/C21H29ClN6O3/c1-3-17(25-18-13-24-26-21(30)15(18)2)14-31-11-6-20(29)28-9-7-27(8-10-28)19-5-4-16(22)12-23-19/h4-5,12-13,17H,3,6-11,14H2,1-2H3,(H2,25,26,30)/t17-/m0/s1. The highest BCUT2D eigenvalue weighted by atomic mass is 35.5. The predicted octanol–water partition coefficient (Wildman–Crippen LogP) is 2.07. The van der Waals surface area contributed by atoms with Crippen LogP contribution in [-0.4, -0.2) is 71.4 Å². The molecule has 31 heavy (non-hydrogen) atoms. The van der Waals surface area contributed by atoms with E-state index in [1.54, 1.807) is 19.3 Å². The van der Waals surface area contributed by atoms with Crippen LogP contribution in [0.15, 0.2) is 29.3 Å². The summed E-state index contributed by atoms with van der Waals surface area (Å²) in [6, 6.07) is 3.76. The van der Waals surface area contributed by atoms with E-state index in [1.165, 1.54) is 0 Å². The van der Waals surface area contributed by atoms with Gasteiger partial charge in [0, 0.05) is 44.0 Å². The number of nitrogens with zero attached hydrogens (tertiary/aromatic N) is 4. The highest BCUT2D eigenvalue weighted by Gasteiger charge is 2.21. The minimum absolute atomic E-state index is 0.0350. The number of pyridine rings is 1. The molecule has 2 aromatic rings. The van der Waals surface area contributed by atoms with Gasteiger partial charge in [-0.1, -0.05) is 18.5 Å². The normalized spacial score (nSPS) is 15.1. The molecule has 10 heteroatoms. The van der Waals surface area contributed by atoms with Crippen LogP contribution in [0.3, 0.4) is 0 Å². The number of aromatic amines is 1. The van der Waals surface area contributed by atoms with E-state index >= 15 is 0 Å². The predicted molar refractivity (Wildman–Crippen MR) is 121 cm³/mol. The number of H-pyrrole nitrogens is 1. The Hall–Kier alpha value is -2.65. The van der Waals surface area contributed by atoms with Gasteiger partial charge < -0.3 is 19.9 Å². The zero-order valence-corrected chi connectivity index (χ0v) is 18.7. The smallest absolute Gasteiger partial charge is 0.269 e. The molecule has 9 nitrogen and oxygen atoms in total. The van der Waals surface area contributed by atoms with Gasteiger partial charge in [-0.15, -0.1) is 0 Å². The van der Waals surface area contributed by atoms with Crippen molar-refractivity contribution in [3.05, 3.63) is 45.5 Å². The number of carbonyl (C=O) groups is 1. The molecule has 0 saturated carbocycles.